The van der Waals surface area contributed by atoms with Crippen LogP contribution in [-0.4, -0.2) is 25.2 Å². The average Bonchev–Trinajstić information content (AvgIpc) is 1.48. The molecule has 0 unspecified atom stereocenters. The van der Waals surface area contributed by atoms with Gasteiger partial charge >= 0.3 is 8.56 Å². The van der Waals surface area contributed by atoms with Crippen LogP contribution in [0.4, 0.5) is 0 Å². The first-order valence-corrected chi connectivity index (χ1v) is 13.2. The number of halogens is 1. The third kappa shape index (κ3) is 7.51. The summed E-state index contributed by atoms with van der Waals surface area (Å²) in [5, 5.41) is 0. The van der Waals surface area contributed by atoms with Crippen molar-refractivity contribution in [1.29, 1.82) is 0 Å². The van der Waals surface area contributed by atoms with Crippen molar-refractivity contribution >= 4 is 36.3 Å². The van der Waals surface area contributed by atoms with Crippen LogP contribution in [0, 0.1) is 0 Å². The molecule has 73 valence electrons. The molecular weight excluding hydrogens is 224 g/mol. The number of rotatable bonds is 4. The van der Waals surface area contributed by atoms with Crippen LogP contribution in [0.15, 0.2) is 0 Å². The van der Waals surface area contributed by atoms with Crippen LogP contribution in [-0.2, 0) is 8.23 Å². The molecule has 0 N–H and O–H groups in total. The van der Waals surface area contributed by atoms with E-state index in [4.69, 9.17) is 19.3 Å². The zero-order valence-electron chi connectivity index (χ0n) is 8.69. The molecule has 1 radical (unpaired) electrons. The van der Waals surface area contributed by atoms with Crippen LogP contribution in [0.5, 0.6) is 0 Å². The van der Waals surface area contributed by atoms with Gasteiger partial charge < -0.3 is 8.23 Å². The summed E-state index contributed by atoms with van der Waals surface area (Å²) >= 11 is 6.08. The highest BCUT2D eigenvalue weighted by Gasteiger charge is 2.33. The SMILES string of the molecule is C[Si](C)O[Si](C)(C)O[Si](C)(C)Cl. The van der Waals surface area contributed by atoms with Gasteiger partial charge in [-0.05, 0) is 39.3 Å². The molecule has 0 aromatic heterocycles. The largest absolute Gasteiger partial charge is 0.437 e. The van der Waals surface area contributed by atoms with Crippen LogP contribution in [0.1, 0.15) is 0 Å². The van der Waals surface area contributed by atoms with E-state index in [2.05, 4.69) is 26.2 Å². The van der Waals surface area contributed by atoms with Gasteiger partial charge in [-0.15, -0.1) is 11.1 Å². The minimum atomic E-state index is -1.93. The van der Waals surface area contributed by atoms with Gasteiger partial charge in [0, 0.05) is 0 Å². The van der Waals surface area contributed by atoms with Crippen molar-refractivity contribution in [2.24, 2.45) is 0 Å². The lowest BCUT2D eigenvalue weighted by molar-refractivity contribution is 0.411. The molecule has 0 saturated heterocycles. The Morgan fingerprint density at radius 1 is 1.08 bits per heavy atom. The smallest absolute Gasteiger partial charge is 0.311 e. The number of hydrogen-bond donors (Lipinski definition) is 0. The second kappa shape index (κ2) is 4.39. The average molecular weight is 242 g/mol. The van der Waals surface area contributed by atoms with Crippen molar-refractivity contribution in [3.05, 3.63) is 0 Å². The molecule has 0 atom stereocenters. The fourth-order valence-corrected chi connectivity index (χ4v) is 11.9. The van der Waals surface area contributed by atoms with E-state index in [0.717, 1.165) is 0 Å². The molecule has 0 spiro atoms. The Kier molecular flexibility index (Phi) is 4.70. The lowest BCUT2D eigenvalue weighted by Gasteiger charge is -2.30. The lowest BCUT2D eigenvalue weighted by Crippen LogP contribution is -2.46. The van der Waals surface area contributed by atoms with Gasteiger partial charge in [0.1, 0.15) is 0 Å². The van der Waals surface area contributed by atoms with Gasteiger partial charge in [-0.25, -0.2) is 0 Å². The maximum Gasteiger partial charge on any atom is 0.311 e. The highest BCUT2D eigenvalue weighted by Crippen LogP contribution is 2.18. The standard InChI is InChI=1S/C6H18ClO2Si3/c1-10(2)8-12(5,6)9-11(3,4)7/h1-6H3. The Bertz CT molecular complexity index is 144. The normalized spacial score (nSPS) is 14.0. The van der Waals surface area contributed by atoms with E-state index in [1.54, 1.807) is 0 Å². The van der Waals surface area contributed by atoms with E-state index >= 15 is 0 Å². The molecule has 0 aromatic carbocycles. The zero-order valence-corrected chi connectivity index (χ0v) is 12.5. The summed E-state index contributed by atoms with van der Waals surface area (Å²) in [5.74, 6) is 0. The second-order valence-electron chi connectivity index (χ2n) is 3.88. The highest BCUT2D eigenvalue weighted by molar-refractivity contribution is 7.17. The third-order valence-electron chi connectivity index (χ3n) is 0.938. The topological polar surface area (TPSA) is 18.5 Å². The summed E-state index contributed by atoms with van der Waals surface area (Å²) in [6.45, 7) is 12.3. The van der Waals surface area contributed by atoms with Crippen molar-refractivity contribution in [3.63, 3.8) is 0 Å². The van der Waals surface area contributed by atoms with Crippen molar-refractivity contribution in [3.8, 4) is 0 Å². The second-order valence-corrected chi connectivity index (χ2v) is 15.6. The Hall–Kier alpha value is 0.861. The first-order valence-electron chi connectivity index (χ1n) is 4.01. The molecule has 0 aromatic rings. The molecule has 6 heteroatoms. The molecule has 0 fully saturated rings. The Morgan fingerprint density at radius 2 is 1.50 bits per heavy atom. The van der Waals surface area contributed by atoms with Crippen LogP contribution in [0.25, 0.3) is 0 Å². The van der Waals surface area contributed by atoms with Crippen LogP contribution in [0.2, 0.25) is 39.3 Å². The molecule has 0 amide bonds. The maximum atomic E-state index is 6.08. The minimum Gasteiger partial charge on any atom is -0.437 e. The predicted octanol–water partition coefficient (Wildman–Crippen LogP) is 2.91. The molecule has 0 heterocycles. The molecule has 0 aliphatic carbocycles. The van der Waals surface area contributed by atoms with Crippen LogP contribution >= 0.6 is 11.1 Å². The van der Waals surface area contributed by atoms with Crippen molar-refractivity contribution in [2.75, 3.05) is 0 Å². The summed E-state index contributed by atoms with van der Waals surface area (Å²) in [4.78, 5) is 0. The third-order valence-corrected chi connectivity index (χ3v) is 9.14. The molecule has 2 nitrogen and oxygen atoms in total. The van der Waals surface area contributed by atoms with Gasteiger partial charge in [0.2, 0.25) is 0 Å². The van der Waals surface area contributed by atoms with E-state index in [1.165, 1.54) is 0 Å². The quantitative estimate of drug-likeness (QED) is 0.557. The first kappa shape index (κ1) is 12.9. The minimum absolute atomic E-state index is 0.663. The summed E-state index contributed by atoms with van der Waals surface area (Å²) in [6.07, 6.45) is 0. The Labute approximate surface area is 84.0 Å². The first-order chi connectivity index (χ1) is 5.12. The van der Waals surface area contributed by atoms with E-state index < -0.39 is 25.2 Å². The van der Waals surface area contributed by atoms with E-state index in [-0.39, 0.29) is 0 Å². The van der Waals surface area contributed by atoms with Crippen molar-refractivity contribution < 1.29 is 8.23 Å². The summed E-state index contributed by atoms with van der Waals surface area (Å²) in [5.41, 5.74) is 0. The van der Waals surface area contributed by atoms with Gasteiger partial charge in [0.05, 0.1) is 0 Å². The molecule has 0 saturated carbocycles. The molecule has 0 rings (SSSR count). The molecule has 12 heavy (non-hydrogen) atoms. The monoisotopic (exact) mass is 241 g/mol. The van der Waals surface area contributed by atoms with Gasteiger partial charge in [0.15, 0.2) is 9.04 Å². The lowest BCUT2D eigenvalue weighted by atomic mass is 11.9. The summed E-state index contributed by atoms with van der Waals surface area (Å²) in [7, 11) is -4.52. The molecule has 0 aliphatic rings. The van der Waals surface area contributed by atoms with E-state index in [9.17, 15) is 0 Å². The van der Waals surface area contributed by atoms with Crippen molar-refractivity contribution in [2.45, 2.75) is 39.3 Å². The predicted molar refractivity (Wildman–Crippen MR) is 60.5 cm³/mol. The summed E-state index contributed by atoms with van der Waals surface area (Å²) < 4.78 is 11.6. The van der Waals surface area contributed by atoms with E-state index in [1.807, 2.05) is 13.1 Å². The molecule has 0 bridgehead atoms. The Morgan fingerprint density at radius 3 is 1.75 bits per heavy atom. The fourth-order valence-electron chi connectivity index (χ4n) is 1.10. The Balaban J connectivity index is 4.04. The van der Waals surface area contributed by atoms with E-state index in [0.29, 0.717) is 0 Å². The van der Waals surface area contributed by atoms with Crippen LogP contribution in [0.3, 0.4) is 0 Å². The maximum absolute atomic E-state index is 6.08. The highest BCUT2D eigenvalue weighted by atomic mass is 35.6. The van der Waals surface area contributed by atoms with Crippen molar-refractivity contribution in [1.82, 2.24) is 0 Å². The van der Waals surface area contributed by atoms with Crippen LogP contribution < -0.4 is 0 Å². The van der Waals surface area contributed by atoms with Gasteiger partial charge in [-0.3, -0.25) is 0 Å². The molecule has 0 aliphatic heterocycles. The van der Waals surface area contributed by atoms with Gasteiger partial charge in [-0.2, -0.15) is 0 Å². The van der Waals surface area contributed by atoms with Gasteiger partial charge in [0.25, 0.3) is 7.63 Å². The summed E-state index contributed by atoms with van der Waals surface area (Å²) in [6, 6.07) is 0. The van der Waals surface area contributed by atoms with Gasteiger partial charge in [-0.1, -0.05) is 0 Å². The number of hydrogen-bond acceptors (Lipinski definition) is 2. The zero-order chi connectivity index (χ0) is 9.99. The molecular formula is C6H18ClO2Si3. The fraction of sp³-hybridized carbons (Fsp3) is 1.00.